The van der Waals surface area contributed by atoms with E-state index in [1.165, 1.54) is 0 Å². The summed E-state index contributed by atoms with van der Waals surface area (Å²) in [6.07, 6.45) is 2.09. The van der Waals surface area contributed by atoms with Crippen LogP contribution in [0.3, 0.4) is 0 Å². The highest BCUT2D eigenvalue weighted by atomic mass is 16.3. The molecule has 0 saturated carbocycles. The molecule has 0 rings (SSSR count). The van der Waals surface area contributed by atoms with Gasteiger partial charge in [0.2, 0.25) is 0 Å². The number of aliphatic hydroxyl groups excluding tert-OH is 1. The van der Waals surface area contributed by atoms with E-state index in [0.717, 1.165) is 25.9 Å². The van der Waals surface area contributed by atoms with Crippen LogP contribution in [0.5, 0.6) is 0 Å². The zero-order chi connectivity index (χ0) is 13.5. The van der Waals surface area contributed by atoms with Crippen LogP contribution in [0.2, 0.25) is 0 Å². The maximum Gasteiger partial charge on any atom is 0.0621 e. The van der Waals surface area contributed by atoms with Crippen molar-refractivity contribution in [1.29, 1.82) is 5.26 Å². The Morgan fingerprint density at radius 2 is 1.71 bits per heavy atom. The highest BCUT2D eigenvalue weighted by Crippen LogP contribution is 2.24. The van der Waals surface area contributed by atoms with Gasteiger partial charge in [0.15, 0.2) is 0 Å². The Bertz CT molecular complexity index is 251. The fourth-order valence-corrected chi connectivity index (χ4v) is 2.09. The van der Waals surface area contributed by atoms with Gasteiger partial charge in [-0.2, -0.15) is 5.26 Å². The molecule has 0 amide bonds. The quantitative estimate of drug-likeness (QED) is 0.686. The second-order valence-corrected chi connectivity index (χ2v) is 6.64. The van der Waals surface area contributed by atoms with E-state index in [1.807, 2.05) is 6.92 Å². The molecular weight excluding hydrogens is 212 g/mol. The molecule has 17 heavy (non-hydrogen) atoms. The van der Waals surface area contributed by atoms with Crippen LogP contribution in [-0.4, -0.2) is 24.3 Å². The molecule has 100 valence electrons. The Balaban J connectivity index is 3.93. The first-order valence-electron chi connectivity index (χ1n) is 6.44. The largest absolute Gasteiger partial charge is 0.393 e. The minimum Gasteiger partial charge on any atom is -0.393 e. The fraction of sp³-hybridized carbons (Fsp3) is 0.929. The molecule has 0 aliphatic heterocycles. The summed E-state index contributed by atoms with van der Waals surface area (Å²) < 4.78 is 0. The zero-order valence-electron chi connectivity index (χ0n) is 12.0. The number of nitriles is 1. The van der Waals surface area contributed by atoms with Gasteiger partial charge in [0.05, 0.1) is 12.2 Å². The van der Waals surface area contributed by atoms with Crippen molar-refractivity contribution in [3.05, 3.63) is 0 Å². The monoisotopic (exact) mass is 240 g/mol. The van der Waals surface area contributed by atoms with Crippen molar-refractivity contribution in [1.82, 2.24) is 5.32 Å². The molecule has 0 aliphatic carbocycles. The van der Waals surface area contributed by atoms with Gasteiger partial charge in [-0.3, -0.25) is 0 Å². The van der Waals surface area contributed by atoms with E-state index in [-0.39, 0.29) is 16.9 Å². The van der Waals surface area contributed by atoms with E-state index in [0.29, 0.717) is 6.42 Å². The minimum absolute atomic E-state index is 0.111. The van der Waals surface area contributed by atoms with Crippen LogP contribution < -0.4 is 5.32 Å². The lowest BCUT2D eigenvalue weighted by molar-refractivity contribution is 0.126. The van der Waals surface area contributed by atoms with Crippen molar-refractivity contribution in [3.63, 3.8) is 0 Å². The lowest BCUT2D eigenvalue weighted by Crippen LogP contribution is -2.37. The van der Waals surface area contributed by atoms with E-state index in [1.54, 1.807) is 0 Å². The van der Waals surface area contributed by atoms with Gasteiger partial charge in [0, 0.05) is 19.5 Å². The Morgan fingerprint density at radius 1 is 1.18 bits per heavy atom. The molecule has 0 radical (unpaired) electrons. The first-order chi connectivity index (χ1) is 7.68. The molecule has 0 spiro atoms. The average molecular weight is 240 g/mol. The Kier molecular flexibility index (Phi) is 6.74. The average Bonchev–Trinajstić information content (AvgIpc) is 2.11. The molecule has 0 fully saturated rings. The first-order valence-corrected chi connectivity index (χ1v) is 6.44. The van der Waals surface area contributed by atoms with Crippen LogP contribution in [0.15, 0.2) is 0 Å². The predicted molar refractivity (Wildman–Crippen MR) is 71.6 cm³/mol. The SMILES string of the molecule is CC(O)CC(C)(C)CNCC(C)(C)CCC#N. The molecule has 0 saturated heterocycles. The molecule has 1 unspecified atom stereocenters. The van der Waals surface area contributed by atoms with Crippen molar-refractivity contribution in [2.45, 2.75) is 60.0 Å². The van der Waals surface area contributed by atoms with Crippen LogP contribution >= 0.6 is 0 Å². The van der Waals surface area contributed by atoms with Gasteiger partial charge in [-0.1, -0.05) is 27.7 Å². The number of aliphatic hydroxyl groups is 1. The highest BCUT2D eigenvalue weighted by molar-refractivity contribution is 4.80. The molecule has 0 bridgehead atoms. The summed E-state index contributed by atoms with van der Waals surface area (Å²) in [5.74, 6) is 0. The molecule has 0 aromatic carbocycles. The van der Waals surface area contributed by atoms with Crippen LogP contribution in [0.25, 0.3) is 0 Å². The fourth-order valence-electron chi connectivity index (χ4n) is 2.09. The van der Waals surface area contributed by atoms with Crippen molar-refractivity contribution in [2.75, 3.05) is 13.1 Å². The summed E-state index contributed by atoms with van der Waals surface area (Å²) in [7, 11) is 0. The van der Waals surface area contributed by atoms with Gasteiger partial charge in [-0.25, -0.2) is 0 Å². The maximum absolute atomic E-state index is 9.40. The van der Waals surface area contributed by atoms with Crippen molar-refractivity contribution < 1.29 is 5.11 Å². The zero-order valence-corrected chi connectivity index (χ0v) is 12.0. The molecule has 0 aliphatic rings. The summed E-state index contributed by atoms with van der Waals surface area (Å²) in [5, 5.41) is 21.4. The Hall–Kier alpha value is -0.590. The van der Waals surface area contributed by atoms with Gasteiger partial charge in [-0.15, -0.1) is 0 Å². The summed E-state index contributed by atoms with van der Waals surface area (Å²) >= 11 is 0. The molecule has 0 aromatic rings. The summed E-state index contributed by atoms with van der Waals surface area (Å²) in [6.45, 7) is 12.3. The number of nitrogens with zero attached hydrogens (tertiary/aromatic N) is 1. The van der Waals surface area contributed by atoms with Gasteiger partial charge in [0.25, 0.3) is 0 Å². The highest BCUT2D eigenvalue weighted by Gasteiger charge is 2.22. The normalized spacial score (nSPS) is 14.4. The predicted octanol–water partition coefficient (Wildman–Crippen LogP) is 2.70. The first kappa shape index (κ1) is 16.4. The van der Waals surface area contributed by atoms with Gasteiger partial charge < -0.3 is 10.4 Å². The molecule has 3 nitrogen and oxygen atoms in total. The topological polar surface area (TPSA) is 56.0 Å². The second kappa shape index (κ2) is 6.98. The minimum atomic E-state index is -0.251. The van der Waals surface area contributed by atoms with E-state index < -0.39 is 0 Å². The third-order valence-corrected chi connectivity index (χ3v) is 2.97. The van der Waals surface area contributed by atoms with Crippen molar-refractivity contribution >= 4 is 0 Å². The molecule has 1 atom stereocenters. The molecular formula is C14H28N2O. The lowest BCUT2D eigenvalue weighted by atomic mass is 9.85. The Labute approximate surface area is 106 Å². The molecule has 0 heterocycles. The summed E-state index contributed by atoms with van der Waals surface area (Å²) in [5.41, 5.74) is 0.274. The van der Waals surface area contributed by atoms with Crippen molar-refractivity contribution in [3.8, 4) is 6.07 Å². The Morgan fingerprint density at radius 3 is 2.18 bits per heavy atom. The van der Waals surface area contributed by atoms with E-state index >= 15 is 0 Å². The smallest absolute Gasteiger partial charge is 0.0621 e. The van der Waals surface area contributed by atoms with Crippen LogP contribution in [-0.2, 0) is 0 Å². The molecule has 3 heteroatoms. The van der Waals surface area contributed by atoms with E-state index in [9.17, 15) is 5.11 Å². The molecule has 0 aromatic heterocycles. The number of nitrogens with one attached hydrogen (secondary N) is 1. The van der Waals surface area contributed by atoms with E-state index in [2.05, 4.69) is 39.1 Å². The van der Waals surface area contributed by atoms with Gasteiger partial charge >= 0.3 is 0 Å². The number of rotatable bonds is 8. The maximum atomic E-state index is 9.40. The third kappa shape index (κ3) is 9.14. The van der Waals surface area contributed by atoms with E-state index in [4.69, 9.17) is 5.26 Å². The standard InChI is InChI=1S/C14H28N2O/c1-12(17)9-14(4,5)11-16-10-13(2,3)7-6-8-15/h12,16-17H,6-7,9-11H2,1-5H3. The number of hydrogen-bond acceptors (Lipinski definition) is 3. The van der Waals surface area contributed by atoms with Crippen LogP contribution in [0.4, 0.5) is 0 Å². The number of hydrogen-bond donors (Lipinski definition) is 2. The summed E-state index contributed by atoms with van der Waals surface area (Å²) in [6, 6.07) is 2.20. The van der Waals surface area contributed by atoms with Gasteiger partial charge in [0.1, 0.15) is 0 Å². The summed E-state index contributed by atoms with van der Waals surface area (Å²) in [4.78, 5) is 0. The van der Waals surface area contributed by atoms with Crippen LogP contribution in [0.1, 0.15) is 53.9 Å². The second-order valence-electron chi connectivity index (χ2n) is 6.64. The van der Waals surface area contributed by atoms with Gasteiger partial charge in [-0.05, 0) is 30.6 Å². The van der Waals surface area contributed by atoms with Crippen molar-refractivity contribution in [2.24, 2.45) is 10.8 Å². The van der Waals surface area contributed by atoms with Crippen LogP contribution in [0, 0.1) is 22.2 Å². The lowest BCUT2D eigenvalue weighted by Gasteiger charge is -2.30. The molecule has 2 N–H and O–H groups in total. The third-order valence-electron chi connectivity index (χ3n) is 2.97.